The van der Waals surface area contributed by atoms with Gasteiger partial charge in [-0.05, 0) is 37.1 Å². The first-order chi connectivity index (χ1) is 9.08. The fourth-order valence-corrected chi connectivity index (χ4v) is 2.06. The molecule has 1 aromatic carbocycles. The van der Waals surface area contributed by atoms with Crippen molar-refractivity contribution in [2.45, 2.75) is 19.3 Å². The van der Waals surface area contributed by atoms with E-state index < -0.39 is 11.8 Å². The van der Waals surface area contributed by atoms with E-state index in [4.69, 9.17) is 5.11 Å². The van der Waals surface area contributed by atoms with Crippen molar-refractivity contribution >= 4 is 23.6 Å². The van der Waals surface area contributed by atoms with Gasteiger partial charge in [-0.1, -0.05) is 0 Å². The highest BCUT2D eigenvalue weighted by atomic mass is 19.1. The molecule has 0 saturated carbocycles. The van der Waals surface area contributed by atoms with Gasteiger partial charge >= 0.3 is 5.97 Å². The highest BCUT2D eigenvalue weighted by molar-refractivity contribution is 5.94. The van der Waals surface area contributed by atoms with Crippen LogP contribution in [-0.2, 0) is 9.59 Å². The molecule has 1 heterocycles. The summed E-state index contributed by atoms with van der Waals surface area (Å²) in [6, 6.07) is 4.38. The lowest BCUT2D eigenvalue weighted by Crippen LogP contribution is -2.35. The van der Waals surface area contributed by atoms with Gasteiger partial charge in [-0.2, -0.15) is 0 Å². The van der Waals surface area contributed by atoms with Crippen molar-refractivity contribution < 1.29 is 19.1 Å². The first-order valence-corrected chi connectivity index (χ1v) is 6.09. The maximum atomic E-state index is 13.8. The normalized spacial score (nSPS) is 16.1. The van der Waals surface area contributed by atoms with Crippen LogP contribution in [0.3, 0.4) is 0 Å². The quantitative estimate of drug-likeness (QED) is 0.852. The van der Waals surface area contributed by atoms with Crippen LogP contribution in [0.4, 0.5) is 10.1 Å². The minimum Gasteiger partial charge on any atom is -0.478 e. The van der Waals surface area contributed by atoms with Gasteiger partial charge in [-0.3, -0.25) is 4.79 Å². The largest absolute Gasteiger partial charge is 0.478 e. The molecule has 0 unspecified atom stereocenters. The number of hydrogen-bond donors (Lipinski definition) is 1. The SMILES string of the molecule is O=C(O)C=Cc1ccc(N2CCCCC2=O)cc1F. The van der Waals surface area contributed by atoms with E-state index in [-0.39, 0.29) is 11.5 Å². The van der Waals surface area contributed by atoms with Gasteiger partial charge in [0, 0.05) is 30.3 Å². The monoisotopic (exact) mass is 263 g/mol. The van der Waals surface area contributed by atoms with E-state index in [9.17, 15) is 14.0 Å². The predicted molar refractivity (Wildman–Crippen MR) is 69.3 cm³/mol. The zero-order chi connectivity index (χ0) is 13.8. The Morgan fingerprint density at radius 1 is 1.37 bits per heavy atom. The highest BCUT2D eigenvalue weighted by Crippen LogP contribution is 2.23. The number of carboxylic acids is 1. The summed E-state index contributed by atoms with van der Waals surface area (Å²) in [5, 5.41) is 8.50. The molecule has 0 atom stereocenters. The van der Waals surface area contributed by atoms with Crippen LogP contribution in [0, 0.1) is 5.82 Å². The fourth-order valence-electron chi connectivity index (χ4n) is 2.06. The van der Waals surface area contributed by atoms with Crippen molar-refractivity contribution in [3.63, 3.8) is 0 Å². The standard InChI is InChI=1S/C14H14FNO3/c15-12-9-11(16-8-2-1-3-13(16)17)6-4-10(12)5-7-14(18)19/h4-7,9H,1-3,8H2,(H,18,19). The molecule has 5 heteroatoms. The maximum absolute atomic E-state index is 13.8. The predicted octanol–water partition coefficient (Wildman–Crippen LogP) is 2.44. The zero-order valence-corrected chi connectivity index (χ0v) is 10.3. The van der Waals surface area contributed by atoms with E-state index in [1.807, 2.05) is 0 Å². The molecule has 1 aliphatic rings. The van der Waals surface area contributed by atoms with Gasteiger partial charge in [0.2, 0.25) is 5.91 Å². The molecule has 0 bridgehead atoms. The third-order valence-electron chi connectivity index (χ3n) is 3.02. The van der Waals surface area contributed by atoms with Gasteiger partial charge in [0.25, 0.3) is 0 Å². The van der Waals surface area contributed by atoms with Gasteiger partial charge < -0.3 is 10.0 Å². The van der Waals surface area contributed by atoms with E-state index >= 15 is 0 Å². The molecule has 1 aromatic rings. The van der Waals surface area contributed by atoms with Crippen LogP contribution >= 0.6 is 0 Å². The molecule has 2 rings (SSSR count). The Bertz CT molecular complexity index is 539. The number of aliphatic carboxylic acids is 1. The second-order valence-electron chi connectivity index (χ2n) is 4.38. The molecule has 0 radical (unpaired) electrons. The number of halogens is 1. The molecular formula is C14H14FNO3. The van der Waals surface area contributed by atoms with Crippen molar-refractivity contribution in [3.05, 3.63) is 35.7 Å². The topological polar surface area (TPSA) is 57.6 Å². The Hall–Kier alpha value is -2.17. The molecule has 0 aliphatic carbocycles. The number of carbonyl (C=O) groups excluding carboxylic acids is 1. The number of nitrogens with zero attached hydrogens (tertiary/aromatic N) is 1. The number of hydrogen-bond acceptors (Lipinski definition) is 2. The molecule has 1 saturated heterocycles. The number of carboxylic acid groups (broad SMARTS) is 1. The summed E-state index contributed by atoms with van der Waals surface area (Å²) in [6.07, 6.45) is 4.34. The van der Waals surface area contributed by atoms with Crippen LogP contribution in [0.2, 0.25) is 0 Å². The maximum Gasteiger partial charge on any atom is 0.328 e. The summed E-state index contributed by atoms with van der Waals surface area (Å²) < 4.78 is 13.8. The van der Waals surface area contributed by atoms with Gasteiger partial charge in [0.1, 0.15) is 5.82 Å². The number of piperidine rings is 1. The number of carbonyl (C=O) groups is 2. The van der Waals surface area contributed by atoms with E-state index in [1.165, 1.54) is 18.2 Å². The molecule has 100 valence electrons. The Morgan fingerprint density at radius 2 is 2.16 bits per heavy atom. The van der Waals surface area contributed by atoms with Crippen LogP contribution in [0.25, 0.3) is 6.08 Å². The van der Waals surface area contributed by atoms with E-state index in [0.717, 1.165) is 18.9 Å². The summed E-state index contributed by atoms with van der Waals surface area (Å²) in [6.45, 7) is 0.600. The summed E-state index contributed by atoms with van der Waals surface area (Å²) in [4.78, 5) is 23.7. The number of rotatable bonds is 3. The van der Waals surface area contributed by atoms with Crippen molar-refractivity contribution in [2.24, 2.45) is 0 Å². The van der Waals surface area contributed by atoms with E-state index in [1.54, 1.807) is 11.0 Å². The first kappa shape index (κ1) is 13.3. The average Bonchev–Trinajstić information content (AvgIpc) is 2.37. The second kappa shape index (κ2) is 5.65. The summed E-state index contributed by atoms with van der Waals surface area (Å²) in [7, 11) is 0. The Labute approximate surface area is 110 Å². The van der Waals surface area contributed by atoms with Crippen molar-refractivity contribution in [1.29, 1.82) is 0 Å². The molecule has 19 heavy (non-hydrogen) atoms. The van der Waals surface area contributed by atoms with Crippen molar-refractivity contribution in [3.8, 4) is 0 Å². The summed E-state index contributed by atoms with van der Waals surface area (Å²) in [5.41, 5.74) is 0.713. The van der Waals surface area contributed by atoms with Crippen LogP contribution in [0.15, 0.2) is 24.3 Å². The lowest BCUT2D eigenvalue weighted by molar-refractivity contribution is -0.131. The molecule has 1 aliphatic heterocycles. The van der Waals surface area contributed by atoms with Crippen molar-refractivity contribution in [2.75, 3.05) is 11.4 Å². The van der Waals surface area contributed by atoms with E-state index in [0.29, 0.717) is 18.7 Å². The lowest BCUT2D eigenvalue weighted by atomic mass is 10.1. The molecule has 4 nitrogen and oxygen atoms in total. The number of anilines is 1. The minimum absolute atomic E-state index is 0.000483. The lowest BCUT2D eigenvalue weighted by Gasteiger charge is -2.26. The number of benzene rings is 1. The highest BCUT2D eigenvalue weighted by Gasteiger charge is 2.20. The Balaban J connectivity index is 2.23. The van der Waals surface area contributed by atoms with Crippen molar-refractivity contribution in [1.82, 2.24) is 0 Å². The van der Waals surface area contributed by atoms with Gasteiger partial charge in [0.15, 0.2) is 0 Å². The van der Waals surface area contributed by atoms with Gasteiger partial charge in [-0.15, -0.1) is 0 Å². The molecule has 0 aromatic heterocycles. The third kappa shape index (κ3) is 3.19. The fraction of sp³-hybridized carbons (Fsp3) is 0.286. The molecular weight excluding hydrogens is 249 g/mol. The molecule has 1 fully saturated rings. The minimum atomic E-state index is -1.13. The molecule has 0 spiro atoms. The summed E-state index contributed by atoms with van der Waals surface area (Å²) >= 11 is 0. The molecule has 1 amide bonds. The number of amides is 1. The smallest absolute Gasteiger partial charge is 0.328 e. The zero-order valence-electron chi connectivity index (χ0n) is 10.3. The van der Waals surface area contributed by atoms with Crippen LogP contribution in [0.1, 0.15) is 24.8 Å². The first-order valence-electron chi connectivity index (χ1n) is 6.09. The van der Waals surface area contributed by atoms with Crippen LogP contribution < -0.4 is 4.90 Å². The van der Waals surface area contributed by atoms with Crippen LogP contribution in [-0.4, -0.2) is 23.5 Å². The van der Waals surface area contributed by atoms with Crippen LogP contribution in [0.5, 0.6) is 0 Å². The Morgan fingerprint density at radius 3 is 2.79 bits per heavy atom. The van der Waals surface area contributed by atoms with E-state index in [2.05, 4.69) is 0 Å². The summed E-state index contributed by atoms with van der Waals surface area (Å²) in [5.74, 6) is -1.66. The van der Waals surface area contributed by atoms with Gasteiger partial charge in [0.05, 0.1) is 0 Å². The molecule has 1 N–H and O–H groups in total. The Kier molecular flexibility index (Phi) is 3.94. The second-order valence-corrected chi connectivity index (χ2v) is 4.38. The van der Waals surface area contributed by atoms with Gasteiger partial charge in [-0.25, -0.2) is 9.18 Å². The third-order valence-corrected chi connectivity index (χ3v) is 3.02. The average molecular weight is 263 g/mol.